The van der Waals surface area contributed by atoms with Gasteiger partial charge in [0.15, 0.2) is 0 Å². The molecule has 0 unspecified atom stereocenters. The highest BCUT2D eigenvalue weighted by Gasteiger charge is 2.19. The molecular formula is C26H22ClN3OS. The van der Waals surface area contributed by atoms with Crippen molar-refractivity contribution in [2.75, 3.05) is 6.54 Å². The lowest BCUT2D eigenvalue weighted by atomic mass is 10.1. The number of para-hydroxylation sites is 1. The first-order valence-electron chi connectivity index (χ1n) is 10.5. The van der Waals surface area contributed by atoms with Crippen LogP contribution < -0.4 is 5.32 Å². The smallest absolute Gasteiger partial charge is 0.268 e. The Bertz CT molecular complexity index is 1420. The molecule has 3 aromatic carbocycles. The van der Waals surface area contributed by atoms with Crippen LogP contribution in [0.1, 0.15) is 21.6 Å². The molecule has 0 saturated carbocycles. The van der Waals surface area contributed by atoms with Crippen molar-refractivity contribution in [2.24, 2.45) is 0 Å². The van der Waals surface area contributed by atoms with Gasteiger partial charge in [-0.05, 0) is 60.9 Å². The first kappa shape index (κ1) is 20.7. The number of aromatic nitrogens is 2. The van der Waals surface area contributed by atoms with Gasteiger partial charge in [0.2, 0.25) is 0 Å². The minimum Gasteiger partial charge on any atom is -0.361 e. The summed E-state index contributed by atoms with van der Waals surface area (Å²) in [6, 6.07) is 22.1. The van der Waals surface area contributed by atoms with Crippen molar-refractivity contribution in [2.45, 2.75) is 23.1 Å². The van der Waals surface area contributed by atoms with Crippen LogP contribution in [0.25, 0.3) is 21.8 Å². The van der Waals surface area contributed by atoms with Crippen LogP contribution in [-0.2, 0) is 6.42 Å². The van der Waals surface area contributed by atoms with Gasteiger partial charge in [-0.25, -0.2) is 0 Å². The van der Waals surface area contributed by atoms with Gasteiger partial charge in [0.25, 0.3) is 5.91 Å². The normalized spacial score (nSPS) is 11.3. The van der Waals surface area contributed by atoms with Gasteiger partial charge in [0, 0.05) is 44.5 Å². The first-order valence-corrected chi connectivity index (χ1v) is 11.7. The lowest BCUT2D eigenvalue weighted by molar-refractivity contribution is 0.0947. The van der Waals surface area contributed by atoms with Crippen LogP contribution >= 0.6 is 23.4 Å². The van der Waals surface area contributed by atoms with Crippen LogP contribution in [0.3, 0.4) is 0 Å². The SMILES string of the molecule is Cc1ccc2c(Sc3ccc(Cl)cc3)c(C(=O)NCCc3c[nH]c4ccccc34)[nH]c2c1. The lowest BCUT2D eigenvalue weighted by Gasteiger charge is -2.07. The van der Waals surface area contributed by atoms with E-state index < -0.39 is 0 Å². The van der Waals surface area contributed by atoms with E-state index in [4.69, 9.17) is 11.6 Å². The Hall–Kier alpha value is -3.15. The number of benzene rings is 3. The van der Waals surface area contributed by atoms with E-state index >= 15 is 0 Å². The Morgan fingerprint density at radius 1 is 1.00 bits per heavy atom. The summed E-state index contributed by atoms with van der Waals surface area (Å²) in [6.45, 7) is 2.60. The fourth-order valence-electron chi connectivity index (χ4n) is 3.91. The van der Waals surface area contributed by atoms with E-state index in [1.54, 1.807) is 11.8 Å². The van der Waals surface area contributed by atoms with Crippen molar-refractivity contribution in [3.63, 3.8) is 0 Å². The number of halogens is 1. The van der Waals surface area contributed by atoms with Crippen molar-refractivity contribution in [1.82, 2.24) is 15.3 Å². The van der Waals surface area contributed by atoms with Gasteiger partial charge >= 0.3 is 0 Å². The number of carbonyl (C=O) groups excluding carboxylic acids is 1. The molecular weight excluding hydrogens is 438 g/mol. The van der Waals surface area contributed by atoms with Gasteiger partial charge in [-0.3, -0.25) is 4.79 Å². The van der Waals surface area contributed by atoms with Gasteiger partial charge in [0.1, 0.15) is 5.69 Å². The molecule has 0 fully saturated rings. The second-order valence-corrected chi connectivity index (χ2v) is 9.32. The van der Waals surface area contributed by atoms with E-state index in [1.807, 2.05) is 49.5 Å². The standard InChI is InChI=1S/C26H22ClN3OS/c1-16-6-11-21-23(14-16)30-24(25(21)32-19-9-7-18(27)8-10-19)26(31)28-13-12-17-15-29-22-5-3-2-4-20(17)22/h2-11,14-15,29-30H,12-13H2,1H3,(H,28,31). The molecule has 0 saturated heterocycles. The monoisotopic (exact) mass is 459 g/mol. The summed E-state index contributed by atoms with van der Waals surface area (Å²) in [4.78, 5) is 21.8. The lowest BCUT2D eigenvalue weighted by Crippen LogP contribution is -2.26. The molecule has 0 aliphatic carbocycles. The fourth-order valence-corrected chi connectivity index (χ4v) is 5.08. The van der Waals surface area contributed by atoms with E-state index in [2.05, 4.69) is 45.6 Å². The zero-order chi connectivity index (χ0) is 22.1. The zero-order valence-corrected chi connectivity index (χ0v) is 19.1. The summed E-state index contributed by atoms with van der Waals surface area (Å²) in [5.74, 6) is -0.102. The van der Waals surface area contributed by atoms with Crippen LogP contribution in [0.2, 0.25) is 5.02 Å². The highest BCUT2D eigenvalue weighted by Crippen LogP contribution is 2.37. The van der Waals surface area contributed by atoms with Gasteiger partial charge in [-0.1, -0.05) is 53.7 Å². The first-order chi connectivity index (χ1) is 15.6. The molecule has 0 spiro atoms. The topological polar surface area (TPSA) is 60.7 Å². The molecule has 4 nitrogen and oxygen atoms in total. The number of aryl methyl sites for hydroxylation is 1. The quantitative estimate of drug-likeness (QED) is 0.263. The third-order valence-corrected chi connectivity index (χ3v) is 6.91. The van der Waals surface area contributed by atoms with Gasteiger partial charge in [0.05, 0.1) is 4.90 Å². The van der Waals surface area contributed by atoms with E-state index in [0.717, 1.165) is 38.2 Å². The molecule has 0 radical (unpaired) electrons. The third-order valence-electron chi connectivity index (χ3n) is 5.52. The summed E-state index contributed by atoms with van der Waals surface area (Å²) in [6.07, 6.45) is 2.78. The number of carbonyl (C=O) groups is 1. The van der Waals surface area contributed by atoms with Gasteiger partial charge in [-0.15, -0.1) is 0 Å². The number of nitrogens with one attached hydrogen (secondary N) is 3. The largest absolute Gasteiger partial charge is 0.361 e. The summed E-state index contributed by atoms with van der Waals surface area (Å²) < 4.78 is 0. The number of hydrogen-bond acceptors (Lipinski definition) is 2. The molecule has 1 amide bonds. The zero-order valence-electron chi connectivity index (χ0n) is 17.5. The predicted octanol–water partition coefficient (Wildman–Crippen LogP) is 6.73. The number of fused-ring (bicyclic) bond motifs is 2. The van der Waals surface area contributed by atoms with Crippen molar-refractivity contribution < 1.29 is 4.79 Å². The highest BCUT2D eigenvalue weighted by atomic mass is 35.5. The van der Waals surface area contributed by atoms with E-state index in [1.165, 1.54) is 10.9 Å². The minimum absolute atomic E-state index is 0.102. The maximum absolute atomic E-state index is 13.2. The Morgan fingerprint density at radius 3 is 2.66 bits per heavy atom. The molecule has 2 heterocycles. The van der Waals surface area contributed by atoms with Gasteiger partial charge < -0.3 is 15.3 Å². The average molecular weight is 460 g/mol. The average Bonchev–Trinajstić information content (AvgIpc) is 3.36. The highest BCUT2D eigenvalue weighted by molar-refractivity contribution is 7.99. The molecule has 5 aromatic rings. The number of amides is 1. The number of rotatable bonds is 6. The predicted molar refractivity (Wildman–Crippen MR) is 133 cm³/mol. The van der Waals surface area contributed by atoms with Crippen LogP contribution in [0.15, 0.2) is 82.7 Å². The summed E-state index contributed by atoms with van der Waals surface area (Å²) >= 11 is 7.61. The molecule has 32 heavy (non-hydrogen) atoms. The maximum atomic E-state index is 13.2. The minimum atomic E-state index is -0.102. The molecule has 160 valence electrons. The summed E-state index contributed by atoms with van der Waals surface area (Å²) in [7, 11) is 0. The molecule has 6 heteroatoms. The summed E-state index contributed by atoms with van der Waals surface area (Å²) in [5.41, 5.74) is 5.01. The second-order valence-electron chi connectivity index (χ2n) is 7.80. The molecule has 0 aliphatic heterocycles. The molecule has 5 rings (SSSR count). The number of aromatic amines is 2. The Labute approximate surface area is 195 Å². The fraction of sp³-hybridized carbons (Fsp3) is 0.115. The van der Waals surface area contributed by atoms with E-state index in [0.29, 0.717) is 17.3 Å². The molecule has 2 aromatic heterocycles. The number of hydrogen-bond donors (Lipinski definition) is 3. The van der Waals surface area contributed by atoms with Crippen LogP contribution in [0, 0.1) is 6.92 Å². The Kier molecular flexibility index (Phi) is 5.68. The molecule has 0 bridgehead atoms. The van der Waals surface area contributed by atoms with Gasteiger partial charge in [-0.2, -0.15) is 0 Å². The van der Waals surface area contributed by atoms with Crippen LogP contribution in [0.4, 0.5) is 0 Å². The van der Waals surface area contributed by atoms with E-state index in [-0.39, 0.29) is 5.91 Å². The second kappa shape index (κ2) is 8.77. The van der Waals surface area contributed by atoms with Crippen molar-refractivity contribution >= 4 is 51.1 Å². The molecule has 0 atom stereocenters. The third kappa shape index (κ3) is 4.14. The van der Waals surface area contributed by atoms with Crippen LogP contribution in [0.5, 0.6) is 0 Å². The molecule has 3 N–H and O–H groups in total. The van der Waals surface area contributed by atoms with Crippen LogP contribution in [-0.4, -0.2) is 22.4 Å². The number of H-pyrrole nitrogens is 2. The van der Waals surface area contributed by atoms with Crippen molar-refractivity contribution in [3.05, 3.63) is 94.8 Å². The van der Waals surface area contributed by atoms with Crippen molar-refractivity contribution in [1.29, 1.82) is 0 Å². The van der Waals surface area contributed by atoms with Crippen molar-refractivity contribution in [3.8, 4) is 0 Å². The Balaban J connectivity index is 1.39. The summed E-state index contributed by atoms with van der Waals surface area (Å²) in [5, 5.41) is 6.02. The molecule has 0 aliphatic rings. The van der Waals surface area contributed by atoms with E-state index in [9.17, 15) is 4.79 Å². The Morgan fingerprint density at radius 2 is 1.81 bits per heavy atom. The maximum Gasteiger partial charge on any atom is 0.268 e.